The third kappa shape index (κ3) is 3.76. The summed E-state index contributed by atoms with van der Waals surface area (Å²) in [5, 5.41) is 14.2. The number of carbonyl (C=O) groups is 1. The average Bonchev–Trinajstić information content (AvgIpc) is 3.37. The predicted octanol–water partition coefficient (Wildman–Crippen LogP) is 2.67. The van der Waals surface area contributed by atoms with Crippen molar-refractivity contribution in [3.63, 3.8) is 0 Å². The van der Waals surface area contributed by atoms with E-state index in [0.717, 1.165) is 62.5 Å². The molecular weight excluding hydrogens is 374 g/mol. The van der Waals surface area contributed by atoms with Gasteiger partial charge in [-0.15, -0.1) is 0 Å². The summed E-state index contributed by atoms with van der Waals surface area (Å²) in [5.74, 6) is -0.0125. The lowest BCUT2D eigenvalue weighted by atomic mass is 10.0. The molecule has 1 saturated heterocycles. The minimum Gasteiger partial charge on any atom is -0.352 e. The van der Waals surface area contributed by atoms with Gasteiger partial charge in [0.25, 0.3) is 5.91 Å². The van der Waals surface area contributed by atoms with Gasteiger partial charge >= 0.3 is 0 Å². The van der Waals surface area contributed by atoms with E-state index < -0.39 is 0 Å². The molecule has 0 atom stereocenters. The third-order valence-electron chi connectivity index (χ3n) is 6.09. The van der Waals surface area contributed by atoms with Gasteiger partial charge in [0.05, 0.1) is 11.4 Å². The van der Waals surface area contributed by atoms with Gasteiger partial charge in [-0.05, 0) is 30.7 Å². The Hall–Kier alpha value is -2.96. The Morgan fingerprint density at radius 1 is 1.07 bits per heavy atom. The number of hydrogen-bond donors (Lipinski definition) is 3. The number of fused-ring (bicyclic) bond motifs is 3. The monoisotopic (exact) mass is 401 g/mol. The van der Waals surface area contributed by atoms with E-state index in [2.05, 4.69) is 50.0 Å². The molecule has 1 amide bonds. The van der Waals surface area contributed by atoms with Gasteiger partial charge in [0.1, 0.15) is 0 Å². The van der Waals surface area contributed by atoms with Crippen molar-refractivity contribution in [2.45, 2.75) is 12.8 Å². The molecule has 154 valence electrons. The molecule has 5 rings (SSSR count). The lowest BCUT2D eigenvalue weighted by Gasteiger charge is -2.27. The molecule has 1 fully saturated rings. The lowest BCUT2D eigenvalue weighted by molar-refractivity contribution is 0.0951. The Balaban J connectivity index is 1.19. The highest BCUT2D eigenvalue weighted by atomic mass is 16.1. The van der Waals surface area contributed by atoms with E-state index in [1.165, 1.54) is 16.7 Å². The van der Waals surface area contributed by atoms with Crippen LogP contribution in [0.5, 0.6) is 0 Å². The highest BCUT2D eigenvalue weighted by Crippen LogP contribution is 2.39. The number of nitrogens with one attached hydrogen (secondary N) is 3. The highest BCUT2D eigenvalue weighted by Gasteiger charge is 2.24. The Morgan fingerprint density at radius 3 is 2.70 bits per heavy atom. The van der Waals surface area contributed by atoms with Crippen molar-refractivity contribution in [1.29, 1.82) is 0 Å². The van der Waals surface area contributed by atoms with Gasteiger partial charge in [0, 0.05) is 61.4 Å². The summed E-state index contributed by atoms with van der Waals surface area (Å²) in [4.78, 5) is 14.9. The summed E-state index contributed by atoms with van der Waals surface area (Å²) in [6.07, 6.45) is 1.87. The van der Waals surface area contributed by atoms with Gasteiger partial charge < -0.3 is 15.5 Å². The number of hydrogen-bond acceptors (Lipinski definition) is 4. The van der Waals surface area contributed by atoms with Crippen LogP contribution < -0.4 is 10.6 Å². The van der Waals surface area contributed by atoms with E-state index >= 15 is 0 Å². The molecule has 2 heterocycles. The van der Waals surface area contributed by atoms with Crippen LogP contribution in [0.1, 0.15) is 27.9 Å². The number of rotatable bonds is 6. The fourth-order valence-corrected chi connectivity index (χ4v) is 4.43. The smallest absolute Gasteiger partial charge is 0.251 e. The van der Waals surface area contributed by atoms with Crippen LogP contribution in [0.25, 0.3) is 22.5 Å². The first-order valence-electron chi connectivity index (χ1n) is 10.8. The van der Waals surface area contributed by atoms with E-state index in [4.69, 9.17) is 0 Å². The Labute approximate surface area is 176 Å². The zero-order valence-corrected chi connectivity index (χ0v) is 17.1. The average molecular weight is 402 g/mol. The van der Waals surface area contributed by atoms with Crippen molar-refractivity contribution in [2.75, 3.05) is 39.3 Å². The molecule has 0 bridgehead atoms. The standard InChI is InChI=1S/C24H27N5O/c30-24(26-10-3-13-29-14-11-25-12-15-29)18-8-6-17(7-9-18)22-21-16-19-4-1-2-5-20(19)23(21)28-27-22/h1-2,4-9,25H,3,10-16H2,(H,26,30)(H,27,28). The number of nitrogens with zero attached hydrogens (tertiary/aromatic N) is 2. The van der Waals surface area contributed by atoms with Crippen molar-refractivity contribution in [2.24, 2.45) is 0 Å². The summed E-state index contributed by atoms with van der Waals surface area (Å²) in [6.45, 7) is 6.05. The molecule has 2 aromatic carbocycles. The lowest BCUT2D eigenvalue weighted by Crippen LogP contribution is -2.44. The van der Waals surface area contributed by atoms with Gasteiger partial charge in [-0.2, -0.15) is 5.10 Å². The van der Waals surface area contributed by atoms with E-state index in [9.17, 15) is 4.79 Å². The maximum atomic E-state index is 12.5. The molecule has 1 aliphatic heterocycles. The van der Waals surface area contributed by atoms with E-state index in [-0.39, 0.29) is 5.91 Å². The van der Waals surface area contributed by atoms with Crippen LogP contribution in [0.2, 0.25) is 0 Å². The second-order valence-electron chi connectivity index (χ2n) is 8.04. The van der Waals surface area contributed by atoms with Crippen LogP contribution in [-0.4, -0.2) is 60.3 Å². The SMILES string of the molecule is O=C(NCCCN1CCNCC1)c1ccc(-c2n[nH]c3c2Cc2ccccc2-3)cc1. The summed E-state index contributed by atoms with van der Waals surface area (Å²) in [6, 6.07) is 16.2. The summed E-state index contributed by atoms with van der Waals surface area (Å²) in [5.41, 5.74) is 7.63. The maximum absolute atomic E-state index is 12.5. The number of carbonyl (C=O) groups excluding carboxylic acids is 1. The van der Waals surface area contributed by atoms with Crippen LogP contribution in [-0.2, 0) is 6.42 Å². The van der Waals surface area contributed by atoms with Gasteiger partial charge in [-0.25, -0.2) is 0 Å². The Kier molecular flexibility index (Phi) is 5.34. The highest BCUT2D eigenvalue weighted by molar-refractivity contribution is 5.94. The molecule has 1 aliphatic carbocycles. The minimum atomic E-state index is -0.0125. The largest absolute Gasteiger partial charge is 0.352 e. The number of aromatic nitrogens is 2. The minimum absolute atomic E-state index is 0.0125. The number of benzene rings is 2. The number of piperazine rings is 1. The molecular formula is C24H27N5O. The Morgan fingerprint density at radius 2 is 1.87 bits per heavy atom. The molecule has 0 unspecified atom stereocenters. The van der Waals surface area contributed by atoms with Crippen LogP contribution in [0.15, 0.2) is 48.5 Å². The molecule has 6 nitrogen and oxygen atoms in total. The normalized spacial score (nSPS) is 15.6. The van der Waals surface area contributed by atoms with Gasteiger partial charge in [0.15, 0.2) is 0 Å². The molecule has 0 saturated carbocycles. The van der Waals surface area contributed by atoms with Crippen LogP contribution in [0, 0.1) is 0 Å². The third-order valence-corrected chi connectivity index (χ3v) is 6.09. The first-order valence-corrected chi connectivity index (χ1v) is 10.8. The topological polar surface area (TPSA) is 73.1 Å². The van der Waals surface area contributed by atoms with Crippen molar-refractivity contribution in [3.05, 3.63) is 65.2 Å². The van der Waals surface area contributed by atoms with Crippen molar-refractivity contribution >= 4 is 5.91 Å². The second-order valence-corrected chi connectivity index (χ2v) is 8.04. The first-order chi connectivity index (χ1) is 14.8. The Bertz CT molecular complexity index is 1030. The number of H-pyrrole nitrogens is 1. The number of amides is 1. The molecule has 3 N–H and O–H groups in total. The van der Waals surface area contributed by atoms with Crippen molar-refractivity contribution in [3.8, 4) is 22.5 Å². The fourth-order valence-electron chi connectivity index (χ4n) is 4.43. The zero-order chi connectivity index (χ0) is 20.3. The van der Waals surface area contributed by atoms with E-state index in [0.29, 0.717) is 12.1 Å². The molecule has 2 aliphatic rings. The van der Waals surface area contributed by atoms with Gasteiger partial charge in [-0.3, -0.25) is 9.89 Å². The fraction of sp³-hybridized carbons (Fsp3) is 0.333. The zero-order valence-electron chi connectivity index (χ0n) is 17.1. The molecule has 3 aromatic rings. The van der Waals surface area contributed by atoms with Crippen LogP contribution in [0.3, 0.4) is 0 Å². The molecule has 0 spiro atoms. The molecule has 1 aromatic heterocycles. The summed E-state index contributed by atoms with van der Waals surface area (Å²) < 4.78 is 0. The maximum Gasteiger partial charge on any atom is 0.251 e. The molecule has 0 radical (unpaired) electrons. The second kappa shape index (κ2) is 8.42. The van der Waals surface area contributed by atoms with Gasteiger partial charge in [0.2, 0.25) is 0 Å². The summed E-state index contributed by atoms with van der Waals surface area (Å²) >= 11 is 0. The number of aromatic amines is 1. The molecule has 6 heteroatoms. The molecule has 30 heavy (non-hydrogen) atoms. The van der Waals surface area contributed by atoms with E-state index in [1.807, 2.05) is 24.3 Å². The van der Waals surface area contributed by atoms with Crippen molar-refractivity contribution in [1.82, 2.24) is 25.7 Å². The van der Waals surface area contributed by atoms with Crippen molar-refractivity contribution < 1.29 is 4.79 Å². The predicted molar refractivity (Wildman–Crippen MR) is 119 cm³/mol. The quantitative estimate of drug-likeness (QED) is 0.435. The summed E-state index contributed by atoms with van der Waals surface area (Å²) in [7, 11) is 0. The van der Waals surface area contributed by atoms with Crippen LogP contribution in [0.4, 0.5) is 0 Å². The van der Waals surface area contributed by atoms with E-state index in [1.54, 1.807) is 0 Å². The first kappa shape index (κ1) is 19.0. The van der Waals surface area contributed by atoms with Crippen LogP contribution >= 0.6 is 0 Å². The van der Waals surface area contributed by atoms with Gasteiger partial charge in [-0.1, -0.05) is 36.4 Å².